The Morgan fingerprint density at radius 1 is 0.852 bits per heavy atom. The molecule has 3 atom stereocenters. The van der Waals surface area contributed by atoms with Crippen molar-refractivity contribution in [1.29, 1.82) is 0 Å². The Balaban J connectivity index is 4.80. The first kappa shape index (κ1) is 23.7. The van der Waals surface area contributed by atoms with E-state index in [0.29, 0.717) is 0 Å². The molecule has 3 unspecified atom stereocenters. The van der Waals surface area contributed by atoms with Gasteiger partial charge in [0.2, 0.25) is 29.5 Å². The van der Waals surface area contributed by atoms with Crippen molar-refractivity contribution in [1.82, 2.24) is 16.0 Å². The number of nitrogens with two attached hydrogens (primary N) is 3. The van der Waals surface area contributed by atoms with Gasteiger partial charge in [0.05, 0.1) is 26.0 Å². The van der Waals surface area contributed by atoms with Crippen molar-refractivity contribution in [2.75, 3.05) is 13.2 Å². The third kappa shape index (κ3) is 9.71. The number of carbonyl (C=O) groups is 6. The maximum atomic E-state index is 12.0. The van der Waals surface area contributed by atoms with Crippen LogP contribution in [0.5, 0.6) is 0 Å². The van der Waals surface area contributed by atoms with Crippen molar-refractivity contribution in [3.05, 3.63) is 0 Å². The molecule has 14 nitrogen and oxygen atoms in total. The number of carboxylic acids is 1. The fourth-order valence-corrected chi connectivity index (χ4v) is 1.71. The molecule has 0 aromatic carbocycles. The van der Waals surface area contributed by atoms with Gasteiger partial charge in [-0.05, 0) is 0 Å². The highest BCUT2D eigenvalue weighted by atomic mass is 16.4. The van der Waals surface area contributed by atoms with Crippen LogP contribution in [0.15, 0.2) is 0 Å². The maximum Gasteiger partial charge on any atom is 0.326 e. The molecule has 0 spiro atoms. The zero-order valence-electron chi connectivity index (χ0n) is 14.1. The Bertz CT molecular complexity index is 610. The minimum absolute atomic E-state index is 0.614. The number of aliphatic hydroxyl groups is 1. The van der Waals surface area contributed by atoms with Gasteiger partial charge in [0.25, 0.3) is 0 Å². The van der Waals surface area contributed by atoms with E-state index in [9.17, 15) is 28.8 Å². The molecule has 152 valence electrons. The molecule has 0 saturated heterocycles. The van der Waals surface area contributed by atoms with Crippen LogP contribution in [-0.2, 0) is 28.8 Å². The third-order valence-corrected chi connectivity index (χ3v) is 3.03. The van der Waals surface area contributed by atoms with Gasteiger partial charge in [-0.2, -0.15) is 0 Å². The van der Waals surface area contributed by atoms with E-state index >= 15 is 0 Å². The molecule has 0 aromatic rings. The quantitative estimate of drug-likeness (QED) is 0.157. The summed E-state index contributed by atoms with van der Waals surface area (Å²) in [5, 5.41) is 23.8. The highest BCUT2D eigenvalue weighted by Gasteiger charge is 2.26. The van der Waals surface area contributed by atoms with E-state index in [1.165, 1.54) is 0 Å². The molecular formula is C13H22N6O8. The van der Waals surface area contributed by atoms with Crippen LogP contribution in [0.1, 0.15) is 12.8 Å². The monoisotopic (exact) mass is 390 g/mol. The number of amides is 5. The Morgan fingerprint density at radius 3 is 1.81 bits per heavy atom. The summed E-state index contributed by atoms with van der Waals surface area (Å²) < 4.78 is 0. The van der Waals surface area contributed by atoms with Crippen LogP contribution in [0.4, 0.5) is 0 Å². The van der Waals surface area contributed by atoms with Crippen molar-refractivity contribution < 1.29 is 39.0 Å². The summed E-state index contributed by atoms with van der Waals surface area (Å²) in [5.41, 5.74) is 15.1. The van der Waals surface area contributed by atoms with Gasteiger partial charge in [-0.25, -0.2) is 4.79 Å². The Labute approximate surface area is 152 Å². The number of hydrogen-bond donors (Lipinski definition) is 8. The van der Waals surface area contributed by atoms with Gasteiger partial charge in [-0.15, -0.1) is 0 Å². The number of nitrogens with one attached hydrogen (secondary N) is 3. The fraction of sp³-hybridized carbons (Fsp3) is 0.538. The molecule has 11 N–H and O–H groups in total. The van der Waals surface area contributed by atoms with E-state index in [-0.39, 0.29) is 0 Å². The molecule has 0 bridgehead atoms. The first-order valence-corrected chi connectivity index (χ1v) is 7.51. The van der Waals surface area contributed by atoms with Gasteiger partial charge in [-0.3, -0.25) is 24.0 Å². The number of aliphatic hydroxyl groups excluding tert-OH is 1. The molecule has 27 heavy (non-hydrogen) atoms. The summed E-state index contributed by atoms with van der Waals surface area (Å²) in [5.74, 6) is -6.29. The predicted molar refractivity (Wildman–Crippen MR) is 87.2 cm³/mol. The number of hydrogen-bond acceptors (Lipinski definition) is 8. The minimum Gasteiger partial charge on any atom is -0.480 e. The summed E-state index contributed by atoms with van der Waals surface area (Å²) in [6, 6.07) is -4.40. The van der Waals surface area contributed by atoms with Crippen LogP contribution in [0, 0.1) is 0 Å². The van der Waals surface area contributed by atoms with Crippen molar-refractivity contribution in [2.45, 2.75) is 31.0 Å². The number of primary amides is 2. The molecule has 0 rings (SSSR count). The summed E-state index contributed by atoms with van der Waals surface area (Å²) in [6.45, 7) is -1.44. The number of rotatable bonds is 12. The number of aliphatic carboxylic acids is 1. The van der Waals surface area contributed by atoms with E-state index in [4.69, 9.17) is 27.4 Å². The topological polar surface area (TPSA) is 257 Å². The molecule has 0 aliphatic rings. The summed E-state index contributed by atoms with van der Waals surface area (Å²) in [4.78, 5) is 68.0. The largest absolute Gasteiger partial charge is 0.480 e. The molecule has 0 radical (unpaired) electrons. The second-order valence-electron chi connectivity index (χ2n) is 5.37. The van der Waals surface area contributed by atoms with E-state index in [1.807, 2.05) is 5.32 Å². The molecule has 0 heterocycles. The van der Waals surface area contributed by atoms with Gasteiger partial charge in [0.1, 0.15) is 18.1 Å². The molecule has 0 fully saturated rings. The average Bonchev–Trinajstić information content (AvgIpc) is 2.56. The van der Waals surface area contributed by atoms with Crippen LogP contribution in [0.3, 0.4) is 0 Å². The first-order valence-electron chi connectivity index (χ1n) is 7.51. The van der Waals surface area contributed by atoms with Gasteiger partial charge < -0.3 is 43.4 Å². The number of carboxylic acid groups (broad SMARTS) is 1. The highest BCUT2D eigenvalue weighted by Crippen LogP contribution is 1.95. The molecule has 0 aliphatic heterocycles. The molecule has 5 amide bonds. The lowest BCUT2D eigenvalue weighted by Crippen LogP contribution is -2.55. The summed E-state index contributed by atoms with van der Waals surface area (Å²) >= 11 is 0. The lowest BCUT2D eigenvalue weighted by atomic mass is 10.1. The van der Waals surface area contributed by atoms with Crippen LogP contribution in [-0.4, -0.2) is 77.0 Å². The normalized spacial score (nSPS) is 13.6. The van der Waals surface area contributed by atoms with E-state index in [1.54, 1.807) is 0 Å². The van der Waals surface area contributed by atoms with Crippen LogP contribution >= 0.6 is 0 Å². The van der Waals surface area contributed by atoms with E-state index in [0.717, 1.165) is 0 Å². The van der Waals surface area contributed by atoms with Crippen molar-refractivity contribution in [2.24, 2.45) is 17.2 Å². The Kier molecular flexibility index (Phi) is 10.0. The van der Waals surface area contributed by atoms with Gasteiger partial charge >= 0.3 is 5.97 Å². The van der Waals surface area contributed by atoms with Crippen molar-refractivity contribution in [3.8, 4) is 0 Å². The third-order valence-electron chi connectivity index (χ3n) is 3.03. The van der Waals surface area contributed by atoms with E-state index < -0.39 is 79.6 Å². The van der Waals surface area contributed by atoms with Gasteiger partial charge in [0, 0.05) is 0 Å². The molecule has 0 aromatic heterocycles. The smallest absolute Gasteiger partial charge is 0.326 e. The molecule has 14 heteroatoms. The Morgan fingerprint density at radius 2 is 1.37 bits per heavy atom. The lowest BCUT2D eigenvalue weighted by Gasteiger charge is -2.19. The zero-order valence-corrected chi connectivity index (χ0v) is 14.1. The first-order chi connectivity index (χ1) is 12.5. The van der Waals surface area contributed by atoms with Crippen LogP contribution in [0.2, 0.25) is 0 Å². The zero-order chi connectivity index (χ0) is 21.1. The van der Waals surface area contributed by atoms with Crippen molar-refractivity contribution in [3.63, 3.8) is 0 Å². The van der Waals surface area contributed by atoms with Crippen LogP contribution < -0.4 is 33.2 Å². The van der Waals surface area contributed by atoms with Crippen molar-refractivity contribution >= 4 is 35.5 Å². The summed E-state index contributed by atoms with van der Waals surface area (Å²) in [6.07, 6.45) is -1.27. The second kappa shape index (κ2) is 11.4. The maximum absolute atomic E-state index is 12.0. The standard InChI is InChI=1S/C13H22N6O8/c14-5(4-20)11(24)19-6(1-8(15)21)12(25)17-3-10(23)18-7(13(26)27)2-9(16)22/h5-7,20H,1-4,14H2,(H2,15,21)(H2,16,22)(H,17,25)(H,18,23)(H,19,24)(H,26,27). The highest BCUT2D eigenvalue weighted by molar-refractivity contribution is 5.95. The minimum atomic E-state index is -1.59. The van der Waals surface area contributed by atoms with Gasteiger partial charge in [-0.1, -0.05) is 0 Å². The fourth-order valence-electron chi connectivity index (χ4n) is 1.71. The Hall–Kier alpha value is -3.26. The molecular weight excluding hydrogens is 368 g/mol. The second-order valence-corrected chi connectivity index (χ2v) is 5.37. The van der Waals surface area contributed by atoms with Crippen LogP contribution in [0.25, 0.3) is 0 Å². The SMILES string of the molecule is NC(=O)CC(NC(=O)CNC(=O)C(CC(N)=O)NC(=O)C(N)CO)C(=O)O. The lowest BCUT2D eigenvalue weighted by molar-refractivity contribution is -0.143. The molecule has 0 aliphatic carbocycles. The van der Waals surface area contributed by atoms with Gasteiger partial charge in [0.15, 0.2) is 0 Å². The predicted octanol–water partition coefficient (Wildman–Crippen LogP) is -5.77. The number of carbonyl (C=O) groups excluding carboxylic acids is 5. The van der Waals surface area contributed by atoms with E-state index in [2.05, 4.69) is 10.6 Å². The summed E-state index contributed by atoms with van der Waals surface area (Å²) in [7, 11) is 0. The average molecular weight is 390 g/mol. The molecule has 0 saturated carbocycles.